The van der Waals surface area contributed by atoms with Crippen LogP contribution < -0.4 is 4.74 Å². The van der Waals surface area contributed by atoms with Gasteiger partial charge in [-0.3, -0.25) is 4.79 Å². The molecule has 5 nitrogen and oxygen atoms in total. The number of carbonyl (C=O) groups excluding carboxylic acids is 1. The van der Waals surface area contributed by atoms with E-state index in [4.69, 9.17) is 14.6 Å². The van der Waals surface area contributed by atoms with Crippen LogP contribution in [0.5, 0.6) is 5.75 Å². The third-order valence-electron chi connectivity index (χ3n) is 1.73. The van der Waals surface area contributed by atoms with Gasteiger partial charge in [0.15, 0.2) is 0 Å². The van der Waals surface area contributed by atoms with E-state index < -0.39 is 11.9 Å². The van der Waals surface area contributed by atoms with Crippen molar-refractivity contribution in [2.24, 2.45) is 0 Å². The maximum atomic E-state index is 10.9. The summed E-state index contributed by atoms with van der Waals surface area (Å²) in [5.74, 6) is -0.498. The van der Waals surface area contributed by atoms with Gasteiger partial charge in [-0.1, -0.05) is 18.7 Å². The minimum absolute atomic E-state index is 0.444. The Labute approximate surface area is 111 Å². The zero-order valence-corrected chi connectivity index (χ0v) is 10.8. The van der Waals surface area contributed by atoms with Gasteiger partial charge in [0.2, 0.25) is 0 Å². The molecule has 19 heavy (non-hydrogen) atoms. The molecule has 1 aromatic rings. The lowest BCUT2D eigenvalue weighted by Gasteiger charge is -1.98. The van der Waals surface area contributed by atoms with Gasteiger partial charge < -0.3 is 14.6 Å². The summed E-state index contributed by atoms with van der Waals surface area (Å²) < 4.78 is 9.53. The normalized spacial score (nSPS) is 9.16. The molecule has 102 valence electrons. The average molecular weight is 264 g/mol. The first-order chi connectivity index (χ1) is 8.99. The van der Waals surface area contributed by atoms with Crippen molar-refractivity contribution in [2.75, 3.05) is 7.11 Å². The molecule has 0 radical (unpaired) electrons. The number of aliphatic carboxylic acids is 1. The maximum Gasteiger partial charge on any atom is 0.335 e. The molecule has 0 bridgehead atoms. The van der Waals surface area contributed by atoms with Crippen LogP contribution in [-0.2, 0) is 14.3 Å². The minimum Gasteiger partial charge on any atom is -0.497 e. The van der Waals surface area contributed by atoms with Crippen molar-refractivity contribution >= 4 is 18.0 Å². The number of carboxylic acids is 1. The molecule has 0 aliphatic heterocycles. The molecule has 0 unspecified atom stereocenters. The lowest BCUT2D eigenvalue weighted by atomic mass is 10.2. The van der Waals surface area contributed by atoms with E-state index in [0.29, 0.717) is 0 Å². The summed E-state index contributed by atoms with van der Waals surface area (Å²) in [5.41, 5.74) is 0.900. The molecule has 0 aliphatic rings. The number of benzene rings is 1. The molecule has 0 fully saturated rings. The molecule has 1 rings (SSSR count). The molecule has 1 N–H and O–H groups in total. The highest BCUT2D eigenvalue weighted by Crippen LogP contribution is 2.12. The van der Waals surface area contributed by atoms with Crippen LogP contribution in [0.25, 0.3) is 6.08 Å². The Hall–Kier alpha value is -2.56. The van der Waals surface area contributed by atoms with Gasteiger partial charge in [-0.15, -0.1) is 0 Å². The summed E-state index contributed by atoms with van der Waals surface area (Å²) in [4.78, 5) is 19.9. The largest absolute Gasteiger partial charge is 0.497 e. The zero-order valence-electron chi connectivity index (χ0n) is 10.8. The fraction of sp³-hybridized carbons (Fsp3) is 0.143. The highest BCUT2D eigenvalue weighted by molar-refractivity contribution is 5.87. The van der Waals surface area contributed by atoms with E-state index in [2.05, 4.69) is 11.3 Å². The Morgan fingerprint density at radius 2 is 1.79 bits per heavy atom. The number of carbonyl (C=O) groups is 2. The van der Waals surface area contributed by atoms with E-state index in [1.807, 2.05) is 24.3 Å². The standard InChI is InChI=1S/C12H12O3.C2H4O2/c1-3-15-12(13)9-6-10-4-7-11(14-2)8-5-10;1-2(3)4/h3-9H,1H2,2H3;1H3,(H,3,4)/b9-6+;. The molecule has 0 atom stereocenters. The van der Waals surface area contributed by atoms with Crippen molar-refractivity contribution in [2.45, 2.75) is 6.92 Å². The van der Waals surface area contributed by atoms with Gasteiger partial charge in [-0.2, -0.15) is 0 Å². The summed E-state index contributed by atoms with van der Waals surface area (Å²) >= 11 is 0. The number of ether oxygens (including phenoxy) is 2. The third-order valence-corrected chi connectivity index (χ3v) is 1.73. The fourth-order valence-electron chi connectivity index (χ4n) is 1.00. The van der Waals surface area contributed by atoms with Crippen molar-refractivity contribution in [1.82, 2.24) is 0 Å². The SMILES string of the molecule is C=COC(=O)/C=C/c1ccc(OC)cc1.CC(=O)O. The second-order valence-electron chi connectivity index (χ2n) is 3.23. The predicted molar refractivity (Wildman–Crippen MR) is 71.6 cm³/mol. The van der Waals surface area contributed by atoms with Gasteiger partial charge >= 0.3 is 5.97 Å². The second-order valence-corrected chi connectivity index (χ2v) is 3.23. The Morgan fingerprint density at radius 3 is 2.21 bits per heavy atom. The highest BCUT2D eigenvalue weighted by Gasteiger charge is 1.93. The molecule has 0 saturated carbocycles. The number of rotatable bonds is 4. The van der Waals surface area contributed by atoms with E-state index >= 15 is 0 Å². The first kappa shape index (κ1) is 16.4. The van der Waals surface area contributed by atoms with Crippen LogP contribution in [0.2, 0.25) is 0 Å². The van der Waals surface area contributed by atoms with Crippen LogP contribution in [-0.4, -0.2) is 24.2 Å². The summed E-state index contributed by atoms with van der Waals surface area (Å²) in [5, 5.41) is 7.42. The van der Waals surface area contributed by atoms with Gasteiger partial charge in [0.25, 0.3) is 5.97 Å². The van der Waals surface area contributed by atoms with Crippen molar-refractivity contribution in [3.8, 4) is 5.75 Å². The summed E-state index contributed by atoms with van der Waals surface area (Å²) in [6, 6.07) is 7.32. The molecule has 0 amide bonds. The fourth-order valence-corrected chi connectivity index (χ4v) is 1.00. The molecule has 0 spiro atoms. The smallest absolute Gasteiger partial charge is 0.335 e. The topological polar surface area (TPSA) is 72.8 Å². The van der Waals surface area contributed by atoms with Crippen molar-refractivity contribution in [3.05, 3.63) is 48.7 Å². The molecule has 1 aromatic carbocycles. The molecule has 0 aromatic heterocycles. The Kier molecular flexibility index (Phi) is 8.19. The van der Waals surface area contributed by atoms with E-state index in [-0.39, 0.29) is 0 Å². The Bertz CT molecular complexity index is 441. The summed E-state index contributed by atoms with van der Waals surface area (Å²) in [6.07, 6.45) is 4.09. The average Bonchev–Trinajstić information content (AvgIpc) is 2.37. The zero-order chi connectivity index (χ0) is 14.7. The summed E-state index contributed by atoms with van der Waals surface area (Å²) in [6.45, 7) is 4.37. The van der Waals surface area contributed by atoms with Crippen LogP contribution in [0.4, 0.5) is 0 Å². The molecule has 0 heterocycles. The first-order valence-corrected chi connectivity index (χ1v) is 5.32. The van der Waals surface area contributed by atoms with Gasteiger partial charge in [-0.25, -0.2) is 4.79 Å². The van der Waals surface area contributed by atoms with Gasteiger partial charge in [0.05, 0.1) is 13.4 Å². The van der Waals surface area contributed by atoms with Crippen LogP contribution in [0.15, 0.2) is 43.2 Å². The molecule has 0 aliphatic carbocycles. The van der Waals surface area contributed by atoms with Gasteiger partial charge in [-0.05, 0) is 23.8 Å². The van der Waals surface area contributed by atoms with Crippen molar-refractivity contribution < 1.29 is 24.2 Å². The quantitative estimate of drug-likeness (QED) is 0.514. The number of carboxylic acid groups (broad SMARTS) is 1. The minimum atomic E-state index is -0.833. The van der Waals surface area contributed by atoms with Crippen LogP contribution in [0.1, 0.15) is 12.5 Å². The van der Waals surface area contributed by atoms with Gasteiger partial charge in [0.1, 0.15) is 5.75 Å². The van der Waals surface area contributed by atoms with Gasteiger partial charge in [0, 0.05) is 13.0 Å². The van der Waals surface area contributed by atoms with E-state index in [9.17, 15) is 4.79 Å². The number of hydrogen-bond acceptors (Lipinski definition) is 4. The van der Waals surface area contributed by atoms with E-state index in [0.717, 1.165) is 24.5 Å². The van der Waals surface area contributed by atoms with E-state index in [1.165, 1.54) is 6.08 Å². The second kappa shape index (κ2) is 9.47. The lowest BCUT2D eigenvalue weighted by Crippen LogP contribution is -1.92. The molecular formula is C14H16O5. The number of hydrogen-bond donors (Lipinski definition) is 1. The maximum absolute atomic E-state index is 10.9. The van der Waals surface area contributed by atoms with E-state index in [1.54, 1.807) is 13.2 Å². The number of esters is 1. The number of methoxy groups -OCH3 is 1. The third kappa shape index (κ3) is 9.17. The first-order valence-electron chi connectivity index (χ1n) is 5.32. The van der Waals surface area contributed by atoms with Crippen LogP contribution in [0, 0.1) is 0 Å². The monoisotopic (exact) mass is 264 g/mol. The lowest BCUT2D eigenvalue weighted by molar-refractivity contribution is -0.134. The molecule has 5 heteroatoms. The summed E-state index contributed by atoms with van der Waals surface area (Å²) in [7, 11) is 1.60. The predicted octanol–water partition coefficient (Wildman–Crippen LogP) is 2.49. The molecular weight excluding hydrogens is 248 g/mol. The Balaban J connectivity index is 0.000000711. The van der Waals surface area contributed by atoms with Crippen molar-refractivity contribution in [1.29, 1.82) is 0 Å². The van der Waals surface area contributed by atoms with Crippen molar-refractivity contribution in [3.63, 3.8) is 0 Å². The molecule has 0 saturated heterocycles. The Morgan fingerprint density at radius 1 is 1.26 bits per heavy atom. The van der Waals surface area contributed by atoms with Crippen LogP contribution >= 0.6 is 0 Å². The highest BCUT2D eigenvalue weighted by atomic mass is 16.5. The van der Waals surface area contributed by atoms with Crippen LogP contribution in [0.3, 0.4) is 0 Å².